The van der Waals surface area contributed by atoms with Gasteiger partial charge in [-0.1, -0.05) is 45.9 Å². The Hall–Kier alpha value is -1.06. The number of aliphatic hydroxyl groups is 1. The first kappa shape index (κ1) is 16.0. The summed E-state index contributed by atoms with van der Waals surface area (Å²) in [5.41, 5.74) is 2.37. The summed E-state index contributed by atoms with van der Waals surface area (Å²) in [6, 6.07) is 8.23. The topological polar surface area (TPSA) is 41.5 Å². The summed E-state index contributed by atoms with van der Waals surface area (Å²) in [7, 11) is 0. The molecule has 0 heterocycles. The first-order valence-corrected chi connectivity index (χ1v) is 7.09. The molecule has 19 heavy (non-hydrogen) atoms. The van der Waals surface area contributed by atoms with Crippen LogP contribution in [0.15, 0.2) is 24.3 Å². The lowest BCUT2D eigenvalue weighted by molar-refractivity contribution is 0.0318. The summed E-state index contributed by atoms with van der Waals surface area (Å²) in [4.78, 5) is 0. The molecule has 1 aromatic rings. The van der Waals surface area contributed by atoms with Gasteiger partial charge in [-0.05, 0) is 23.5 Å². The number of anilines is 1. The van der Waals surface area contributed by atoms with Gasteiger partial charge in [0.2, 0.25) is 0 Å². The largest absolute Gasteiger partial charge is 0.389 e. The van der Waals surface area contributed by atoms with Crippen LogP contribution in [0.4, 0.5) is 5.69 Å². The number of rotatable bonds is 8. The van der Waals surface area contributed by atoms with E-state index in [2.05, 4.69) is 45.1 Å². The van der Waals surface area contributed by atoms with Gasteiger partial charge in [0.1, 0.15) is 0 Å². The second-order valence-electron chi connectivity index (χ2n) is 5.71. The number of hydrogen-bond acceptors (Lipinski definition) is 3. The predicted molar refractivity (Wildman–Crippen MR) is 80.7 cm³/mol. The molecule has 0 amide bonds. The van der Waals surface area contributed by atoms with Crippen molar-refractivity contribution in [1.82, 2.24) is 0 Å². The quantitative estimate of drug-likeness (QED) is 0.758. The Morgan fingerprint density at radius 2 is 1.79 bits per heavy atom. The summed E-state index contributed by atoms with van der Waals surface area (Å²) in [6.45, 7) is 10.1. The third-order valence-corrected chi connectivity index (χ3v) is 2.87. The van der Waals surface area contributed by atoms with Crippen LogP contribution in [-0.4, -0.2) is 31.0 Å². The fraction of sp³-hybridized carbons (Fsp3) is 0.625. The second kappa shape index (κ2) is 8.18. The van der Waals surface area contributed by atoms with Gasteiger partial charge in [0.25, 0.3) is 0 Å². The minimum absolute atomic E-state index is 0.384. The highest BCUT2D eigenvalue weighted by Gasteiger charge is 2.08. The van der Waals surface area contributed by atoms with Gasteiger partial charge in [0.05, 0.1) is 12.7 Å². The van der Waals surface area contributed by atoms with E-state index in [4.69, 9.17) is 4.74 Å². The highest BCUT2D eigenvalue weighted by atomic mass is 16.5. The van der Waals surface area contributed by atoms with Gasteiger partial charge >= 0.3 is 0 Å². The fourth-order valence-corrected chi connectivity index (χ4v) is 1.89. The number of nitrogens with one attached hydrogen (secondary N) is 1. The molecule has 0 spiro atoms. The van der Waals surface area contributed by atoms with E-state index in [0.29, 0.717) is 31.6 Å². The van der Waals surface area contributed by atoms with E-state index in [1.807, 2.05) is 12.1 Å². The summed E-state index contributed by atoms with van der Waals surface area (Å²) < 4.78 is 5.43. The second-order valence-corrected chi connectivity index (χ2v) is 5.71. The van der Waals surface area contributed by atoms with Crippen molar-refractivity contribution in [2.75, 3.05) is 25.1 Å². The zero-order valence-corrected chi connectivity index (χ0v) is 12.5. The highest BCUT2D eigenvalue weighted by Crippen LogP contribution is 2.23. The molecule has 0 aliphatic rings. The zero-order chi connectivity index (χ0) is 14.3. The van der Waals surface area contributed by atoms with Crippen LogP contribution in [0.3, 0.4) is 0 Å². The average molecular weight is 265 g/mol. The van der Waals surface area contributed by atoms with Crippen LogP contribution in [0.25, 0.3) is 0 Å². The lowest BCUT2D eigenvalue weighted by Crippen LogP contribution is -2.26. The van der Waals surface area contributed by atoms with Gasteiger partial charge in [0.15, 0.2) is 0 Å². The molecule has 3 heteroatoms. The average Bonchev–Trinajstić information content (AvgIpc) is 2.36. The van der Waals surface area contributed by atoms with Crippen LogP contribution in [0, 0.1) is 5.92 Å². The molecular formula is C16H27NO2. The molecule has 0 aliphatic heterocycles. The van der Waals surface area contributed by atoms with Crippen LogP contribution in [-0.2, 0) is 4.74 Å². The zero-order valence-electron chi connectivity index (χ0n) is 12.5. The Kier molecular flexibility index (Phi) is 6.89. The molecule has 0 bridgehead atoms. The van der Waals surface area contributed by atoms with Crippen LogP contribution in [0.1, 0.15) is 39.2 Å². The minimum Gasteiger partial charge on any atom is -0.389 e. The van der Waals surface area contributed by atoms with Crippen LogP contribution >= 0.6 is 0 Å². The summed E-state index contributed by atoms with van der Waals surface area (Å²) in [6.07, 6.45) is -0.473. The smallest absolute Gasteiger partial charge is 0.0945 e. The van der Waals surface area contributed by atoms with Crippen molar-refractivity contribution in [3.63, 3.8) is 0 Å². The van der Waals surface area contributed by atoms with E-state index in [-0.39, 0.29) is 0 Å². The molecule has 3 nitrogen and oxygen atoms in total. The lowest BCUT2D eigenvalue weighted by Gasteiger charge is -2.17. The number of benzene rings is 1. The Morgan fingerprint density at radius 1 is 1.11 bits per heavy atom. The van der Waals surface area contributed by atoms with Crippen molar-refractivity contribution < 1.29 is 9.84 Å². The minimum atomic E-state index is -0.473. The molecule has 2 N–H and O–H groups in total. The van der Waals surface area contributed by atoms with Crippen LogP contribution in [0.2, 0.25) is 0 Å². The van der Waals surface area contributed by atoms with E-state index in [1.54, 1.807) is 0 Å². The SMILES string of the molecule is CC(C)COCC(O)CNc1ccccc1C(C)C. The molecular weight excluding hydrogens is 238 g/mol. The molecule has 108 valence electrons. The van der Waals surface area contributed by atoms with Gasteiger partial charge in [0, 0.05) is 18.8 Å². The van der Waals surface area contributed by atoms with E-state index < -0.39 is 6.10 Å². The monoisotopic (exact) mass is 265 g/mol. The molecule has 0 fully saturated rings. The molecule has 0 aromatic heterocycles. The first-order chi connectivity index (χ1) is 9.00. The summed E-state index contributed by atoms with van der Waals surface area (Å²) in [5, 5.41) is 13.2. The molecule has 0 saturated carbocycles. The van der Waals surface area contributed by atoms with Gasteiger partial charge in [-0.3, -0.25) is 0 Å². The Labute approximate surface area is 117 Å². The number of aliphatic hydroxyl groups excluding tert-OH is 1. The van der Waals surface area contributed by atoms with Crippen molar-refractivity contribution in [1.29, 1.82) is 0 Å². The molecule has 1 rings (SSSR count). The fourth-order valence-electron chi connectivity index (χ4n) is 1.89. The van der Waals surface area contributed by atoms with Gasteiger partial charge in [-0.2, -0.15) is 0 Å². The summed E-state index contributed by atoms with van der Waals surface area (Å²) >= 11 is 0. The van der Waals surface area contributed by atoms with Gasteiger partial charge < -0.3 is 15.2 Å². The normalized spacial score (nSPS) is 13.0. The Balaban J connectivity index is 2.39. The standard InChI is InChI=1S/C16H27NO2/c1-12(2)10-19-11-14(18)9-17-16-8-6-5-7-15(16)13(3)4/h5-8,12-14,17-18H,9-11H2,1-4H3. The number of para-hydroxylation sites is 1. The van der Waals surface area contributed by atoms with Crippen LogP contribution < -0.4 is 5.32 Å². The molecule has 1 atom stereocenters. The molecule has 0 saturated heterocycles. The maximum Gasteiger partial charge on any atom is 0.0945 e. The van der Waals surface area contributed by atoms with Crippen molar-refractivity contribution in [2.45, 2.75) is 39.7 Å². The van der Waals surface area contributed by atoms with Crippen molar-refractivity contribution in [2.24, 2.45) is 5.92 Å². The number of hydrogen-bond donors (Lipinski definition) is 2. The predicted octanol–water partition coefficient (Wildman–Crippen LogP) is 3.26. The first-order valence-electron chi connectivity index (χ1n) is 7.09. The third kappa shape index (κ3) is 6.08. The van der Waals surface area contributed by atoms with E-state index >= 15 is 0 Å². The van der Waals surface area contributed by atoms with Gasteiger partial charge in [-0.25, -0.2) is 0 Å². The van der Waals surface area contributed by atoms with E-state index in [0.717, 1.165) is 5.69 Å². The van der Waals surface area contributed by atoms with E-state index in [1.165, 1.54) is 5.56 Å². The van der Waals surface area contributed by atoms with Crippen molar-refractivity contribution in [3.05, 3.63) is 29.8 Å². The van der Waals surface area contributed by atoms with E-state index in [9.17, 15) is 5.11 Å². The molecule has 0 aliphatic carbocycles. The van der Waals surface area contributed by atoms with Gasteiger partial charge in [-0.15, -0.1) is 0 Å². The highest BCUT2D eigenvalue weighted by molar-refractivity contribution is 5.52. The summed E-state index contributed by atoms with van der Waals surface area (Å²) in [5.74, 6) is 0.972. The Morgan fingerprint density at radius 3 is 2.42 bits per heavy atom. The molecule has 0 radical (unpaired) electrons. The lowest BCUT2D eigenvalue weighted by atomic mass is 10.0. The molecule has 1 aromatic carbocycles. The maximum atomic E-state index is 9.87. The maximum absolute atomic E-state index is 9.87. The third-order valence-electron chi connectivity index (χ3n) is 2.87. The van der Waals surface area contributed by atoms with Crippen molar-refractivity contribution >= 4 is 5.69 Å². The van der Waals surface area contributed by atoms with Crippen LogP contribution in [0.5, 0.6) is 0 Å². The number of ether oxygens (including phenoxy) is 1. The Bertz CT molecular complexity index is 364. The molecule has 1 unspecified atom stereocenters. The van der Waals surface area contributed by atoms with Crippen molar-refractivity contribution in [3.8, 4) is 0 Å².